The van der Waals surface area contributed by atoms with E-state index in [4.69, 9.17) is 0 Å². The van der Waals surface area contributed by atoms with Gasteiger partial charge in [0, 0.05) is 17.6 Å². The molecule has 0 aliphatic rings. The maximum atomic E-state index is 13.4. The Morgan fingerprint density at radius 3 is 2.22 bits per heavy atom. The second-order valence-corrected chi connectivity index (χ2v) is 10.1. The molecule has 2 rings (SSSR count). The molecule has 1 N–H and O–H groups in total. The molecular formula is C23H30BrN3O4S. The molecule has 2 aromatic rings. The molecule has 0 saturated carbocycles. The van der Waals surface area contributed by atoms with Gasteiger partial charge in [0.05, 0.1) is 11.9 Å². The van der Waals surface area contributed by atoms with Crippen LogP contribution in [0.5, 0.6) is 0 Å². The number of rotatable bonds is 11. The van der Waals surface area contributed by atoms with E-state index in [9.17, 15) is 18.0 Å². The van der Waals surface area contributed by atoms with Crippen LogP contribution in [0.25, 0.3) is 0 Å². The van der Waals surface area contributed by atoms with Crippen LogP contribution in [0.3, 0.4) is 0 Å². The van der Waals surface area contributed by atoms with E-state index in [1.165, 1.54) is 4.90 Å². The fourth-order valence-electron chi connectivity index (χ4n) is 3.44. The van der Waals surface area contributed by atoms with Gasteiger partial charge in [-0.3, -0.25) is 13.9 Å². The lowest BCUT2D eigenvalue weighted by atomic mass is 10.1. The predicted octanol–water partition coefficient (Wildman–Crippen LogP) is 3.20. The van der Waals surface area contributed by atoms with Gasteiger partial charge in [-0.05, 0) is 53.4 Å². The molecule has 0 aliphatic heterocycles. The number of sulfonamides is 1. The van der Waals surface area contributed by atoms with Crippen LogP contribution in [0.2, 0.25) is 0 Å². The zero-order chi connectivity index (χ0) is 23.7. The minimum absolute atomic E-state index is 0.247. The Morgan fingerprint density at radius 1 is 1.03 bits per heavy atom. The van der Waals surface area contributed by atoms with Crippen LogP contribution < -0.4 is 9.62 Å². The summed E-state index contributed by atoms with van der Waals surface area (Å²) in [5.74, 6) is -0.677. The highest BCUT2D eigenvalue weighted by Gasteiger charge is 2.31. The van der Waals surface area contributed by atoms with Gasteiger partial charge < -0.3 is 10.2 Å². The number of para-hydroxylation sites is 1. The van der Waals surface area contributed by atoms with Crippen molar-refractivity contribution in [1.82, 2.24) is 10.2 Å². The van der Waals surface area contributed by atoms with Crippen LogP contribution >= 0.6 is 15.9 Å². The van der Waals surface area contributed by atoms with Crippen LogP contribution in [-0.2, 0) is 26.0 Å². The lowest BCUT2D eigenvalue weighted by Crippen LogP contribution is -2.53. The third-order valence-electron chi connectivity index (χ3n) is 5.02. The first-order valence-electron chi connectivity index (χ1n) is 10.5. The third kappa shape index (κ3) is 7.06. The highest BCUT2D eigenvalue weighted by Crippen LogP contribution is 2.27. The highest BCUT2D eigenvalue weighted by atomic mass is 79.9. The summed E-state index contributed by atoms with van der Waals surface area (Å²) in [7, 11) is -3.74. The number of likely N-dealkylation sites (N-methyl/N-ethyl adjacent to an activating group) is 1. The van der Waals surface area contributed by atoms with E-state index in [0.29, 0.717) is 36.1 Å². The topological polar surface area (TPSA) is 86.8 Å². The second kappa shape index (κ2) is 12.0. The monoisotopic (exact) mass is 523 g/mol. The summed E-state index contributed by atoms with van der Waals surface area (Å²) >= 11 is 3.37. The summed E-state index contributed by atoms with van der Waals surface area (Å²) in [4.78, 5) is 27.6. The number of nitrogens with one attached hydrogen (secondary N) is 1. The fraction of sp³-hybridized carbons (Fsp3) is 0.391. The fourth-order valence-corrected chi connectivity index (χ4v) is 4.91. The van der Waals surface area contributed by atoms with Crippen LogP contribution in [0.15, 0.2) is 59.1 Å². The molecule has 0 bridgehead atoms. The van der Waals surface area contributed by atoms with Gasteiger partial charge in [-0.15, -0.1) is 0 Å². The van der Waals surface area contributed by atoms with E-state index in [1.54, 1.807) is 24.3 Å². The lowest BCUT2D eigenvalue weighted by molar-refractivity contribution is -0.139. The Hall–Kier alpha value is -2.39. The van der Waals surface area contributed by atoms with E-state index in [0.717, 1.165) is 16.1 Å². The lowest BCUT2D eigenvalue weighted by Gasteiger charge is -2.33. The molecule has 0 aromatic heterocycles. The first-order valence-corrected chi connectivity index (χ1v) is 13.2. The number of carbonyl (C=O) groups excluding carboxylic acids is 2. The number of hydrogen-bond donors (Lipinski definition) is 1. The van der Waals surface area contributed by atoms with Gasteiger partial charge in [0.15, 0.2) is 0 Å². The van der Waals surface area contributed by atoms with Gasteiger partial charge in [-0.2, -0.15) is 0 Å². The van der Waals surface area contributed by atoms with Gasteiger partial charge in [0.2, 0.25) is 21.8 Å². The van der Waals surface area contributed by atoms with Crippen molar-refractivity contribution in [3.05, 3.63) is 64.6 Å². The molecule has 0 fully saturated rings. The molecule has 32 heavy (non-hydrogen) atoms. The average molecular weight is 524 g/mol. The van der Waals surface area contributed by atoms with Gasteiger partial charge in [0.25, 0.3) is 0 Å². The number of benzene rings is 2. The molecule has 1 unspecified atom stereocenters. The summed E-state index contributed by atoms with van der Waals surface area (Å²) < 4.78 is 26.7. The first-order chi connectivity index (χ1) is 15.2. The van der Waals surface area contributed by atoms with Crippen LogP contribution in [0, 0.1) is 0 Å². The summed E-state index contributed by atoms with van der Waals surface area (Å²) in [5.41, 5.74) is 1.40. The quantitative estimate of drug-likeness (QED) is 0.489. The number of amides is 2. The zero-order valence-corrected chi connectivity index (χ0v) is 21.0. The Bertz CT molecular complexity index is 1010. The maximum Gasteiger partial charge on any atom is 0.244 e. The molecule has 0 heterocycles. The average Bonchev–Trinajstić information content (AvgIpc) is 2.75. The zero-order valence-electron chi connectivity index (χ0n) is 18.6. The Labute approximate surface area is 199 Å². The van der Waals surface area contributed by atoms with Gasteiger partial charge in [-0.25, -0.2) is 8.42 Å². The van der Waals surface area contributed by atoms with Crippen molar-refractivity contribution in [1.29, 1.82) is 0 Å². The molecule has 0 spiro atoms. The normalized spacial score (nSPS) is 12.1. The van der Waals surface area contributed by atoms with Crippen LogP contribution in [-0.4, -0.2) is 57.1 Å². The van der Waals surface area contributed by atoms with E-state index in [-0.39, 0.29) is 5.91 Å². The van der Waals surface area contributed by atoms with Crippen molar-refractivity contribution in [2.45, 2.75) is 32.7 Å². The molecule has 174 valence electrons. The number of carbonyl (C=O) groups is 2. The molecule has 1 atom stereocenters. The Morgan fingerprint density at radius 2 is 1.66 bits per heavy atom. The molecule has 9 heteroatoms. The molecule has 7 nitrogen and oxygen atoms in total. The highest BCUT2D eigenvalue weighted by molar-refractivity contribution is 9.10. The van der Waals surface area contributed by atoms with Crippen molar-refractivity contribution >= 4 is 43.5 Å². The molecule has 0 radical (unpaired) electrons. The molecule has 0 saturated heterocycles. The smallest absolute Gasteiger partial charge is 0.244 e. The molecule has 2 aromatic carbocycles. The van der Waals surface area contributed by atoms with Crippen molar-refractivity contribution in [3.63, 3.8) is 0 Å². The predicted molar refractivity (Wildman–Crippen MR) is 131 cm³/mol. The number of halogens is 1. The van der Waals surface area contributed by atoms with Crippen molar-refractivity contribution in [2.24, 2.45) is 0 Å². The second-order valence-electron chi connectivity index (χ2n) is 7.36. The molecular weight excluding hydrogens is 494 g/mol. The summed E-state index contributed by atoms with van der Waals surface area (Å²) in [5, 5.41) is 2.78. The van der Waals surface area contributed by atoms with Gasteiger partial charge >= 0.3 is 0 Å². The standard InChI is InChI=1S/C23H30BrN3O4S/c1-4-20(23(29)25-5-2)26(16-15-18-11-7-6-8-12-18)22(28)17-27(32(3,30)31)21-14-10-9-13-19(21)24/h6-14,20H,4-5,15-17H2,1-3H3,(H,25,29). The summed E-state index contributed by atoms with van der Waals surface area (Å²) in [6, 6.07) is 15.8. The number of hydrogen-bond acceptors (Lipinski definition) is 4. The third-order valence-corrected chi connectivity index (χ3v) is 6.82. The molecule has 0 aliphatic carbocycles. The van der Waals surface area contributed by atoms with Gasteiger partial charge in [-0.1, -0.05) is 49.4 Å². The Balaban J connectivity index is 2.35. The number of anilines is 1. The van der Waals surface area contributed by atoms with Crippen LogP contribution in [0.1, 0.15) is 25.8 Å². The minimum Gasteiger partial charge on any atom is -0.355 e. The summed E-state index contributed by atoms with van der Waals surface area (Å²) in [6.45, 7) is 4.00. The summed E-state index contributed by atoms with van der Waals surface area (Å²) in [6.07, 6.45) is 2.03. The van der Waals surface area contributed by atoms with E-state index < -0.39 is 28.5 Å². The van der Waals surface area contributed by atoms with E-state index >= 15 is 0 Å². The SMILES string of the molecule is CCNC(=O)C(CC)N(CCc1ccccc1)C(=O)CN(c1ccccc1Br)S(C)(=O)=O. The Kier molecular flexibility index (Phi) is 9.71. The molecule has 2 amide bonds. The van der Waals surface area contributed by atoms with Crippen molar-refractivity contribution in [2.75, 3.05) is 30.2 Å². The van der Waals surface area contributed by atoms with E-state index in [2.05, 4.69) is 21.2 Å². The minimum atomic E-state index is -3.74. The van der Waals surface area contributed by atoms with E-state index in [1.807, 2.05) is 44.2 Å². The van der Waals surface area contributed by atoms with Crippen LogP contribution in [0.4, 0.5) is 5.69 Å². The van der Waals surface area contributed by atoms with Gasteiger partial charge in [0.1, 0.15) is 12.6 Å². The van der Waals surface area contributed by atoms with Crippen molar-refractivity contribution in [3.8, 4) is 0 Å². The first kappa shape index (κ1) is 25.9. The number of nitrogens with zero attached hydrogens (tertiary/aromatic N) is 2. The van der Waals surface area contributed by atoms with Crippen molar-refractivity contribution < 1.29 is 18.0 Å². The largest absolute Gasteiger partial charge is 0.355 e. The maximum absolute atomic E-state index is 13.4.